The smallest absolute Gasteiger partial charge is 0.292 e. The minimum atomic E-state index is -0.433. The zero-order chi connectivity index (χ0) is 21.5. The second kappa shape index (κ2) is 9.93. The Labute approximate surface area is 179 Å². The van der Waals surface area contributed by atoms with Crippen LogP contribution in [0.2, 0.25) is 5.02 Å². The third-order valence-corrected chi connectivity index (χ3v) is 4.31. The average Bonchev–Trinajstić information content (AvgIpc) is 2.73. The normalized spacial score (nSPS) is 11.1. The van der Waals surface area contributed by atoms with E-state index in [1.54, 1.807) is 18.3 Å². The third kappa shape index (κ3) is 5.18. The summed E-state index contributed by atoms with van der Waals surface area (Å²) in [5.41, 5.74) is 4.08. The highest BCUT2D eigenvalue weighted by Gasteiger charge is 2.10. The lowest BCUT2D eigenvalue weighted by molar-refractivity contribution is 0.224. The summed E-state index contributed by atoms with van der Waals surface area (Å²) in [6.07, 6.45) is 3.10. The first-order chi connectivity index (χ1) is 14.5. The molecule has 1 aromatic heterocycles. The lowest BCUT2D eigenvalue weighted by atomic mass is 10.2. The quantitative estimate of drug-likeness (QED) is 0.423. The summed E-state index contributed by atoms with van der Waals surface area (Å²) in [6.45, 7) is 6.34. The molecular weight excluding hydrogens is 404 g/mol. The van der Waals surface area contributed by atoms with Gasteiger partial charge in [0.25, 0.3) is 5.56 Å². The van der Waals surface area contributed by atoms with E-state index in [-0.39, 0.29) is 11.1 Å². The van der Waals surface area contributed by atoms with Crippen LogP contribution in [0.3, 0.4) is 0 Å². The van der Waals surface area contributed by atoms with Crippen molar-refractivity contribution in [2.45, 2.75) is 26.9 Å². The number of anilines is 1. The van der Waals surface area contributed by atoms with Crippen molar-refractivity contribution < 1.29 is 9.47 Å². The Morgan fingerprint density at radius 3 is 2.67 bits per heavy atom. The Bertz CT molecular complexity index is 1080. The largest absolute Gasteiger partial charge is 0.490 e. The molecule has 0 spiro atoms. The Kier molecular flexibility index (Phi) is 7.08. The van der Waals surface area contributed by atoms with Crippen molar-refractivity contribution in [1.82, 2.24) is 9.78 Å². The van der Waals surface area contributed by atoms with Crippen LogP contribution in [-0.4, -0.2) is 28.7 Å². The zero-order valence-corrected chi connectivity index (χ0v) is 17.8. The number of hydrogen-bond donors (Lipinski definition) is 1. The fourth-order valence-corrected chi connectivity index (χ4v) is 2.84. The summed E-state index contributed by atoms with van der Waals surface area (Å²) in [7, 11) is 0. The molecule has 0 aliphatic heterocycles. The highest BCUT2D eigenvalue weighted by Crippen LogP contribution is 2.29. The van der Waals surface area contributed by atoms with Crippen LogP contribution in [0.4, 0.5) is 5.69 Å². The van der Waals surface area contributed by atoms with Gasteiger partial charge < -0.3 is 9.47 Å². The second-order valence-electron chi connectivity index (χ2n) is 6.60. The number of halogens is 1. The van der Waals surface area contributed by atoms with Crippen LogP contribution >= 0.6 is 11.6 Å². The number of hydrazone groups is 1. The van der Waals surface area contributed by atoms with Gasteiger partial charge in [0, 0.05) is 0 Å². The van der Waals surface area contributed by atoms with Crippen LogP contribution in [0.25, 0.3) is 5.69 Å². The van der Waals surface area contributed by atoms with Gasteiger partial charge in [-0.05, 0) is 56.7 Å². The summed E-state index contributed by atoms with van der Waals surface area (Å²) >= 11 is 6.22. The number of ether oxygens (including phenoxy) is 2. The van der Waals surface area contributed by atoms with Crippen molar-refractivity contribution >= 4 is 23.5 Å². The van der Waals surface area contributed by atoms with Crippen molar-refractivity contribution in [3.8, 4) is 17.2 Å². The molecule has 3 rings (SSSR count). The summed E-state index contributed by atoms with van der Waals surface area (Å²) in [6, 6.07) is 14.6. The van der Waals surface area contributed by atoms with E-state index in [9.17, 15) is 4.79 Å². The third-order valence-electron chi connectivity index (χ3n) is 3.95. The lowest BCUT2D eigenvalue weighted by Gasteiger charge is -2.14. The van der Waals surface area contributed by atoms with Crippen LogP contribution in [-0.2, 0) is 0 Å². The monoisotopic (exact) mass is 426 g/mol. The molecule has 0 fully saturated rings. The van der Waals surface area contributed by atoms with Crippen molar-refractivity contribution in [1.29, 1.82) is 0 Å². The molecule has 8 heteroatoms. The van der Waals surface area contributed by atoms with Crippen LogP contribution < -0.4 is 20.5 Å². The minimum absolute atomic E-state index is 0.00156. The van der Waals surface area contributed by atoms with Crippen molar-refractivity contribution in [3.63, 3.8) is 0 Å². The number of nitrogens with zero attached hydrogens (tertiary/aromatic N) is 3. The van der Waals surface area contributed by atoms with Gasteiger partial charge in [0.1, 0.15) is 10.7 Å². The maximum Gasteiger partial charge on any atom is 0.292 e. The van der Waals surface area contributed by atoms with Crippen molar-refractivity contribution in [2.24, 2.45) is 5.10 Å². The molecule has 0 atom stereocenters. The van der Waals surface area contributed by atoms with Crippen LogP contribution in [0.5, 0.6) is 11.5 Å². The van der Waals surface area contributed by atoms with E-state index in [1.807, 2.05) is 57.2 Å². The SMILES string of the molecule is CCOc1cc(/C=N/Nc2cnn(-c3ccccc3)c(=O)c2Cl)ccc1OC(C)C. The molecule has 0 saturated carbocycles. The van der Waals surface area contributed by atoms with Gasteiger partial charge in [-0.2, -0.15) is 14.9 Å². The summed E-state index contributed by atoms with van der Waals surface area (Å²) in [5.74, 6) is 1.31. The van der Waals surface area contributed by atoms with Gasteiger partial charge >= 0.3 is 0 Å². The fraction of sp³-hybridized carbons (Fsp3) is 0.227. The van der Waals surface area contributed by atoms with Gasteiger partial charge in [-0.25, -0.2) is 0 Å². The standard InChI is InChI=1S/C22H23ClN4O3/c1-4-29-20-12-16(10-11-19(20)30-15(2)3)13-24-26-18-14-25-27(22(28)21(18)23)17-8-6-5-7-9-17/h5-15,26H,4H2,1-3H3/b24-13+. The fourth-order valence-electron chi connectivity index (χ4n) is 2.66. The van der Waals surface area contributed by atoms with E-state index in [0.29, 0.717) is 29.5 Å². The van der Waals surface area contributed by atoms with Gasteiger partial charge in [0.2, 0.25) is 0 Å². The molecule has 0 aliphatic carbocycles. The van der Waals surface area contributed by atoms with E-state index in [2.05, 4.69) is 15.6 Å². The van der Waals surface area contributed by atoms with E-state index in [0.717, 1.165) is 5.56 Å². The summed E-state index contributed by atoms with van der Waals surface area (Å²) in [4.78, 5) is 12.5. The molecule has 7 nitrogen and oxygen atoms in total. The molecule has 0 unspecified atom stereocenters. The maximum atomic E-state index is 12.5. The molecule has 0 aliphatic rings. The van der Waals surface area contributed by atoms with Gasteiger partial charge in [-0.3, -0.25) is 10.2 Å². The molecule has 30 heavy (non-hydrogen) atoms. The number of para-hydroxylation sites is 1. The topological polar surface area (TPSA) is 77.7 Å². The predicted octanol–water partition coefficient (Wildman–Crippen LogP) is 4.52. The first-order valence-electron chi connectivity index (χ1n) is 9.55. The molecule has 0 saturated heterocycles. The Hall–Kier alpha value is -3.32. The van der Waals surface area contributed by atoms with Gasteiger partial charge in [-0.15, -0.1) is 0 Å². The highest BCUT2D eigenvalue weighted by molar-refractivity contribution is 6.32. The number of aromatic nitrogens is 2. The molecular formula is C22H23ClN4O3. The minimum Gasteiger partial charge on any atom is -0.490 e. The Morgan fingerprint density at radius 2 is 1.97 bits per heavy atom. The van der Waals surface area contributed by atoms with Gasteiger partial charge in [0.15, 0.2) is 11.5 Å². The highest BCUT2D eigenvalue weighted by atomic mass is 35.5. The van der Waals surface area contributed by atoms with E-state index in [1.165, 1.54) is 10.9 Å². The van der Waals surface area contributed by atoms with Crippen molar-refractivity contribution in [3.05, 3.63) is 75.7 Å². The zero-order valence-electron chi connectivity index (χ0n) is 17.0. The number of rotatable bonds is 8. The van der Waals surface area contributed by atoms with Crippen LogP contribution in [0.15, 0.2) is 64.6 Å². The summed E-state index contributed by atoms with van der Waals surface area (Å²) < 4.78 is 12.6. The molecule has 0 bridgehead atoms. The molecule has 3 aromatic rings. The first kappa shape index (κ1) is 21.4. The summed E-state index contributed by atoms with van der Waals surface area (Å²) in [5, 5.41) is 8.33. The molecule has 1 heterocycles. The Morgan fingerprint density at radius 1 is 1.20 bits per heavy atom. The molecule has 0 radical (unpaired) electrons. The van der Waals surface area contributed by atoms with Crippen molar-refractivity contribution in [2.75, 3.05) is 12.0 Å². The number of benzene rings is 2. The van der Waals surface area contributed by atoms with Gasteiger partial charge in [-0.1, -0.05) is 29.8 Å². The second-order valence-corrected chi connectivity index (χ2v) is 6.98. The average molecular weight is 427 g/mol. The lowest BCUT2D eigenvalue weighted by Crippen LogP contribution is -2.22. The molecule has 2 aromatic carbocycles. The van der Waals surface area contributed by atoms with E-state index >= 15 is 0 Å². The predicted molar refractivity (Wildman–Crippen MR) is 119 cm³/mol. The Balaban J connectivity index is 1.77. The van der Waals surface area contributed by atoms with Gasteiger partial charge in [0.05, 0.1) is 30.8 Å². The van der Waals surface area contributed by atoms with E-state index < -0.39 is 5.56 Å². The number of hydrogen-bond acceptors (Lipinski definition) is 6. The number of nitrogens with one attached hydrogen (secondary N) is 1. The molecule has 1 N–H and O–H groups in total. The maximum absolute atomic E-state index is 12.5. The first-order valence-corrected chi connectivity index (χ1v) is 9.93. The molecule has 0 amide bonds. The van der Waals surface area contributed by atoms with E-state index in [4.69, 9.17) is 21.1 Å². The van der Waals surface area contributed by atoms with Crippen LogP contribution in [0, 0.1) is 0 Å². The van der Waals surface area contributed by atoms with Crippen LogP contribution in [0.1, 0.15) is 26.3 Å². The molecule has 156 valence electrons.